The fraction of sp³-hybridized carbons (Fsp3) is 0.481. The third-order valence-corrected chi connectivity index (χ3v) is 7.76. The van der Waals surface area contributed by atoms with E-state index in [0.717, 1.165) is 9.87 Å². The van der Waals surface area contributed by atoms with E-state index in [1.54, 1.807) is 37.4 Å². The highest BCUT2D eigenvalue weighted by atomic mass is 32.2. The maximum absolute atomic E-state index is 13.9. The molecule has 0 fully saturated rings. The predicted octanol–water partition coefficient (Wildman–Crippen LogP) is 3.30. The monoisotopic (exact) mass is 547 g/mol. The molecule has 10 nitrogen and oxygen atoms in total. The summed E-state index contributed by atoms with van der Waals surface area (Å²) in [6.07, 6.45) is 0.342. The zero-order valence-corrected chi connectivity index (χ0v) is 23.6. The van der Waals surface area contributed by atoms with Gasteiger partial charge in [-0.2, -0.15) is 0 Å². The average molecular weight is 548 g/mol. The second kappa shape index (κ2) is 11.9. The van der Waals surface area contributed by atoms with Gasteiger partial charge in [0, 0.05) is 18.2 Å². The van der Waals surface area contributed by atoms with Crippen LogP contribution in [0.2, 0.25) is 0 Å². The quantitative estimate of drug-likeness (QED) is 0.459. The highest BCUT2D eigenvalue weighted by molar-refractivity contribution is 7.92. The first-order valence-corrected chi connectivity index (χ1v) is 14.1. The smallest absolute Gasteiger partial charge is 0.244 e. The molecule has 0 saturated carbocycles. The molecular formula is C27H37N3O7S. The maximum Gasteiger partial charge on any atom is 0.244 e. The first-order chi connectivity index (χ1) is 17.9. The summed E-state index contributed by atoms with van der Waals surface area (Å²) in [5.74, 6) is 0.528. The molecule has 0 unspecified atom stereocenters. The predicted molar refractivity (Wildman–Crippen MR) is 145 cm³/mol. The van der Waals surface area contributed by atoms with Crippen molar-refractivity contribution in [3.63, 3.8) is 0 Å². The van der Waals surface area contributed by atoms with Crippen molar-refractivity contribution >= 4 is 27.5 Å². The van der Waals surface area contributed by atoms with E-state index in [1.807, 2.05) is 39.8 Å². The summed E-state index contributed by atoms with van der Waals surface area (Å²) in [6, 6.07) is 11.1. The second-order valence-corrected chi connectivity index (χ2v) is 12.2. The van der Waals surface area contributed by atoms with Gasteiger partial charge in [-0.1, -0.05) is 19.1 Å². The zero-order chi connectivity index (χ0) is 28.1. The van der Waals surface area contributed by atoms with Crippen LogP contribution in [0.25, 0.3) is 0 Å². The number of methoxy groups -OCH3 is 1. The van der Waals surface area contributed by atoms with Gasteiger partial charge in [0.2, 0.25) is 28.6 Å². The minimum Gasteiger partial charge on any atom is -0.497 e. The first kappa shape index (κ1) is 29.1. The van der Waals surface area contributed by atoms with Crippen LogP contribution >= 0.6 is 0 Å². The molecule has 0 aromatic heterocycles. The summed E-state index contributed by atoms with van der Waals surface area (Å²) >= 11 is 0. The summed E-state index contributed by atoms with van der Waals surface area (Å²) in [6.45, 7) is 8.59. The molecule has 1 aliphatic heterocycles. The van der Waals surface area contributed by atoms with Crippen LogP contribution in [-0.4, -0.2) is 62.9 Å². The molecule has 11 heteroatoms. The van der Waals surface area contributed by atoms with Crippen LogP contribution in [0.15, 0.2) is 42.5 Å². The van der Waals surface area contributed by atoms with Crippen LogP contribution in [0, 0.1) is 0 Å². The van der Waals surface area contributed by atoms with Gasteiger partial charge in [-0.25, -0.2) is 8.42 Å². The SMILES string of the molecule is CC[C@@H](C(=O)NC(C)(C)C)N(Cc1ccc(OC)cc1)C(=O)CN(c1ccc2c(c1)OCO2)S(=O)(=O)CC. The standard InChI is InChI=1S/C27H37N3O7S/c1-7-22(26(32)28-27(3,4)5)29(16-19-9-12-21(35-6)13-10-19)25(31)17-30(38(33,34)8-2)20-11-14-23-24(15-20)37-18-36-23/h9-15,22H,7-8,16-18H2,1-6H3,(H,28,32)/t22-/m0/s1. The van der Waals surface area contributed by atoms with Gasteiger partial charge < -0.3 is 24.4 Å². The lowest BCUT2D eigenvalue weighted by molar-refractivity contribution is -0.141. The first-order valence-electron chi connectivity index (χ1n) is 12.5. The molecule has 0 spiro atoms. The molecule has 1 aliphatic rings. The van der Waals surface area contributed by atoms with Crippen molar-refractivity contribution < 1.29 is 32.2 Å². The van der Waals surface area contributed by atoms with Gasteiger partial charge in [0.1, 0.15) is 18.3 Å². The summed E-state index contributed by atoms with van der Waals surface area (Å²) in [7, 11) is -2.29. The van der Waals surface area contributed by atoms with Crippen LogP contribution in [0.4, 0.5) is 5.69 Å². The number of hydrogen-bond acceptors (Lipinski definition) is 7. The summed E-state index contributed by atoms with van der Waals surface area (Å²) < 4.78 is 43.3. The van der Waals surface area contributed by atoms with Crippen molar-refractivity contribution in [3.05, 3.63) is 48.0 Å². The highest BCUT2D eigenvalue weighted by Gasteiger charge is 2.34. The molecular weight excluding hydrogens is 510 g/mol. The van der Waals surface area contributed by atoms with Gasteiger partial charge >= 0.3 is 0 Å². The van der Waals surface area contributed by atoms with Crippen molar-refractivity contribution in [3.8, 4) is 17.2 Å². The molecule has 1 N–H and O–H groups in total. The van der Waals surface area contributed by atoms with Crippen molar-refractivity contribution in [2.45, 2.75) is 59.2 Å². The fourth-order valence-electron chi connectivity index (χ4n) is 4.06. The molecule has 2 amide bonds. The number of benzene rings is 2. The van der Waals surface area contributed by atoms with Crippen LogP contribution in [-0.2, 0) is 26.2 Å². The Balaban J connectivity index is 1.98. The van der Waals surface area contributed by atoms with E-state index in [1.165, 1.54) is 11.8 Å². The lowest BCUT2D eigenvalue weighted by Gasteiger charge is -2.34. The summed E-state index contributed by atoms with van der Waals surface area (Å²) in [5, 5.41) is 2.95. The van der Waals surface area contributed by atoms with E-state index in [2.05, 4.69) is 5.32 Å². The zero-order valence-electron chi connectivity index (χ0n) is 22.8. The Kier molecular flexibility index (Phi) is 9.14. The Morgan fingerprint density at radius 2 is 1.71 bits per heavy atom. The lowest BCUT2D eigenvalue weighted by Crippen LogP contribution is -2.55. The average Bonchev–Trinajstić information content (AvgIpc) is 3.34. The minimum absolute atomic E-state index is 0.0367. The van der Waals surface area contributed by atoms with Gasteiger partial charge in [-0.3, -0.25) is 13.9 Å². The van der Waals surface area contributed by atoms with E-state index in [0.29, 0.717) is 23.7 Å². The number of amides is 2. The van der Waals surface area contributed by atoms with Crippen molar-refractivity contribution in [1.29, 1.82) is 0 Å². The topological polar surface area (TPSA) is 114 Å². The molecule has 1 heterocycles. The van der Waals surface area contributed by atoms with Crippen LogP contribution < -0.4 is 23.8 Å². The van der Waals surface area contributed by atoms with Crippen molar-refractivity contribution in [2.24, 2.45) is 0 Å². The Labute approximate surface area is 224 Å². The molecule has 0 saturated heterocycles. The molecule has 0 radical (unpaired) electrons. The summed E-state index contributed by atoms with van der Waals surface area (Å²) in [5.41, 5.74) is 0.541. The number of sulfonamides is 1. The third kappa shape index (κ3) is 7.09. The Morgan fingerprint density at radius 3 is 2.29 bits per heavy atom. The molecule has 208 valence electrons. The Hall–Kier alpha value is -3.47. The Morgan fingerprint density at radius 1 is 1.05 bits per heavy atom. The highest BCUT2D eigenvalue weighted by Crippen LogP contribution is 2.36. The second-order valence-electron chi connectivity index (χ2n) is 9.98. The van der Waals surface area contributed by atoms with Crippen LogP contribution in [0.1, 0.15) is 46.6 Å². The van der Waals surface area contributed by atoms with Gasteiger partial charge in [0.15, 0.2) is 11.5 Å². The molecule has 38 heavy (non-hydrogen) atoms. The molecule has 2 aromatic rings. The Bertz CT molecular complexity index is 1240. The number of ether oxygens (including phenoxy) is 3. The van der Waals surface area contributed by atoms with E-state index >= 15 is 0 Å². The number of nitrogens with one attached hydrogen (secondary N) is 1. The van der Waals surface area contributed by atoms with Crippen molar-refractivity contribution in [1.82, 2.24) is 10.2 Å². The lowest BCUT2D eigenvalue weighted by atomic mass is 10.1. The van der Waals surface area contributed by atoms with E-state index in [-0.39, 0.29) is 30.7 Å². The van der Waals surface area contributed by atoms with E-state index in [9.17, 15) is 18.0 Å². The van der Waals surface area contributed by atoms with Crippen LogP contribution in [0.5, 0.6) is 17.2 Å². The number of carbonyl (C=O) groups excluding carboxylic acids is 2. The molecule has 0 bridgehead atoms. The largest absolute Gasteiger partial charge is 0.497 e. The molecule has 0 aliphatic carbocycles. The molecule has 1 atom stereocenters. The van der Waals surface area contributed by atoms with E-state index in [4.69, 9.17) is 14.2 Å². The number of anilines is 1. The number of fused-ring (bicyclic) bond motifs is 1. The number of carbonyl (C=O) groups is 2. The minimum atomic E-state index is -3.85. The number of rotatable bonds is 11. The number of hydrogen-bond donors (Lipinski definition) is 1. The third-order valence-electron chi connectivity index (χ3n) is 6.02. The summed E-state index contributed by atoms with van der Waals surface area (Å²) in [4.78, 5) is 28.6. The van der Waals surface area contributed by atoms with Gasteiger partial charge in [-0.05, 0) is 63.9 Å². The maximum atomic E-state index is 13.9. The molecule has 3 rings (SSSR count). The fourth-order valence-corrected chi connectivity index (χ4v) is 5.11. The van der Waals surface area contributed by atoms with Crippen molar-refractivity contribution in [2.75, 3.05) is 30.5 Å². The van der Waals surface area contributed by atoms with Crippen LogP contribution in [0.3, 0.4) is 0 Å². The van der Waals surface area contributed by atoms with Gasteiger partial charge in [-0.15, -0.1) is 0 Å². The van der Waals surface area contributed by atoms with E-state index < -0.39 is 34.1 Å². The van der Waals surface area contributed by atoms with Gasteiger partial charge in [0.05, 0.1) is 18.6 Å². The van der Waals surface area contributed by atoms with Gasteiger partial charge in [0.25, 0.3) is 0 Å². The normalized spacial score (nSPS) is 13.5. The molecule has 2 aromatic carbocycles. The number of nitrogens with zero attached hydrogens (tertiary/aromatic N) is 2.